The lowest BCUT2D eigenvalue weighted by atomic mass is 10.1. The lowest BCUT2D eigenvalue weighted by Gasteiger charge is -1.99. The van der Waals surface area contributed by atoms with Crippen molar-refractivity contribution in [3.8, 4) is 0 Å². The van der Waals surface area contributed by atoms with Crippen LogP contribution >= 0.6 is 11.6 Å². The van der Waals surface area contributed by atoms with Gasteiger partial charge in [-0.05, 0) is 36.6 Å². The van der Waals surface area contributed by atoms with Gasteiger partial charge in [-0.3, -0.25) is 0 Å². The van der Waals surface area contributed by atoms with Crippen molar-refractivity contribution >= 4 is 22.5 Å². The van der Waals surface area contributed by atoms with E-state index in [-0.39, 0.29) is 0 Å². The zero-order valence-electron chi connectivity index (χ0n) is 8.52. The predicted octanol–water partition coefficient (Wildman–Crippen LogP) is 4.08. The van der Waals surface area contributed by atoms with Crippen LogP contribution in [-0.2, 0) is 6.42 Å². The maximum Gasteiger partial charge on any atom is 0.0487 e. The lowest BCUT2D eigenvalue weighted by Crippen LogP contribution is -1.81. The Hall–Kier alpha value is -0.950. The SMILES string of the molecule is CCCc1c[nH]c2c(C)cc(Cl)cc12. The van der Waals surface area contributed by atoms with Gasteiger partial charge in [-0.2, -0.15) is 0 Å². The van der Waals surface area contributed by atoms with Crippen molar-refractivity contribution < 1.29 is 0 Å². The van der Waals surface area contributed by atoms with E-state index in [1.54, 1.807) is 0 Å². The molecule has 0 aliphatic carbocycles. The Kier molecular flexibility index (Phi) is 2.51. The molecule has 0 aliphatic rings. The highest BCUT2D eigenvalue weighted by molar-refractivity contribution is 6.31. The fraction of sp³-hybridized carbons (Fsp3) is 0.333. The Morgan fingerprint density at radius 2 is 2.14 bits per heavy atom. The van der Waals surface area contributed by atoms with E-state index in [0.29, 0.717) is 0 Å². The average Bonchev–Trinajstić information content (AvgIpc) is 2.49. The van der Waals surface area contributed by atoms with Gasteiger partial charge in [0.15, 0.2) is 0 Å². The molecule has 0 atom stereocenters. The summed E-state index contributed by atoms with van der Waals surface area (Å²) in [7, 11) is 0. The highest BCUT2D eigenvalue weighted by atomic mass is 35.5. The molecule has 1 N–H and O–H groups in total. The summed E-state index contributed by atoms with van der Waals surface area (Å²) in [5, 5.41) is 2.10. The van der Waals surface area contributed by atoms with E-state index in [4.69, 9.17) is 11.6 Å². The van der Waals surface area contributed by atoms with Gasteiger partial charge in [-0.25, -0.2) is 0 Å². The summed E-state index contributed by atoms with van der Waals surface area (Å²) in [5.41, 5.74) is 3.81. The number of rotatable bonds is 2. The molecule has 2 heteroatoms. The van der Waals surface area contributed by atoms with E-state index >= 15 is 0 Å². The summed E-state index contributed by atoms with van der Waals surface area (Å²) in [6, 6.07) is 4.04. The fourth-order valence-corrected chi connectivity index (χ4v) is 2.17. The molecule has 2 aromatic rings. The molecule has 1 heterocycles. The molecule has 0 unspecified atom stereocenters. The first-order chi connectivity index (χ1) is 6.72. The first-order valence-corrected chi connectivity index (χ1v) is 5.36. The molecule has 0 bridgehead atoms. The largest absolute Gasteiger partial charge is 0.361 e. The number of aromatic amines is 1. The van der Waals surface area contributed by atoms with Gasteiger partial charge in [0.05, 0.1) is 0 Å². The molecule has 1 aromatic heterocycles. The first-order valence-electron chi connectivity index (χ1n) is 4.98. The van der Waals surface area contributed by atoms with Gasteiger partial charge in [0.25, 0.3) is 0 Å². The number of H-pyrrole nitrogens is 1. The summed E-state index contributed by atoms with van der Waals surface area (Å²) in [5.74, 6) is 0. The number of nitrogens with one attached hydrogen (secondary N) is 1. The van der Waals surface area contributed by atoms with Gasteiger partial charge in [-0.1, -0.05) is 24.9 Å². The lowest BCUT2D eigenvalue weighted by molar-refractivity contribution is 0.929. The monoisotopic (exact) mass is 207 g/mol. The van der Waals surface area contributed by atoms with E-state index in [2.05, 4.69) is 25.0 Å². The molecule has 74 valence electrons. The van der Waals surface area contributed by atoms with Gasteiger partial charge in [0.2, 0.25) is 0 Å². The maximum atomic E-state index is 6.04. The molecule has 0 saturated carbocycles. The fourth-order valence-electron chi connectivity index (χ4n) is 1.90. The molecule has 1 aromatic carbocycles. The van der Waals surface area contributed by atoms with Crippen LogP contribution in [0.5, 0.6) is 0 Å². The van der Waals surface area contributed by atoms with Gasteiger partial charge in [-0.15, -0.1) is 0 Å². The Labute approximate surface area is 89.1 Å². The van der Waals surface area contributed by atoms with Crippen molar-refractivity contribution in [1.29, 1.82) is 0 Å². The first kappa shape index (κ1) is 9.60. The minimum Gasteiger partial charge on any atom is -0.361 e. The highest BCUT2D eigenvalue weighted by Crippen LogP contribution is 2.26. The summed E-state index contributed by atoms with van der Waals surface area (Å²) in [6.45, 7) is 4.27. The Morgan fingerprint density at radius 3 is 2.86 bits per heavy atom. The molecule has 14 heavy (non-hydrogen) atoms. The number of aromatic nitrogens is 1. The molecule has 1 nitrogen and oxygen atoms in total. The molecule has 0 saturated heterocycles. The molecule has 0 radical (unpaired) electrons. The molecule has 2 rings (SSSR count). The van der Waals surface area contributed by atoms with Crippen LogP contribution in [0.2, 0.25) is 5.02 Å². The van der Waals surface area contributed by atoms with Crippen LogP contribution in [0.1, 0.15) is 24.5 Å². The molecule has 0 fully saturated rings. The number of hydrogen-bond donors (Lipinski definition) is 1. The second kappa shape index (κ2) is 3.66. The summed E-state index contributed by atoms with van der Waals surface area (Å²) < 4.78 is 0. The Balaban J connectivity index is 2.66. The Bertz CT molecular complexity index is 457. The van der Waals surface area contributed by atoms with Crippen molar-refractivity contribution in [3.63, 3.8) is 0 Å². The van der Waals surface area contributed by atoms with Crippen LogP contribution < -0.4 is 0 Å². The van der Waals surface area contributed by atoms with Crippen LogP contribution in [0.4, 0.5) is 0 Å². The second-order valence-corrected chi connectivity index (χ2v) is 4.15. The highest BCUT2D eigenvalue weighted by Gasteiger charge is 2.05. The normalized spacial score (nSPS) is 11.1. The third kappa shape index (κ3) is 1.53. The molecular weight excluding hydrogens is 194 g/mol. The summed E-state index contributed by atoms with van der Waals surface area (Å²) >= 11 is 6.04. The predicted molar refractivity (Wildman–Crippen MR) is 62.0 cm³/mol. The van der Waals surface area contributed by atoms with E-state index in [1.807, 2.05) is 12.1 Å². The quantitative estimate of drug-likeness (QED) is 0.764. The van der Waals surface area contributed by atoms with Crippen molar-refractivity contribution in [2.24, 2.45) is 0 Å². The van der Waals surface area contributed by atoms with Crippen molar-refractivity contribution in [2.75, 3.05) is 0 Å². The van der Waals surface area contributed by atoms with Crippen LogP contribution in [0.25, 0.3) is 10.9 Å². The smallest absolute Gasteiger partial charge is 0.0487 e. The van der Waals surface area contributed by atoms with Gasteiger partial charge < -0.3 is 4.98 Å². The van der Waals surface area contributed by atoms with Crippen LogP contribution in [0.15, 0.2) is 18.3 Å². The number of fused-ring (bicyclic) bond motifs is 1. The topological polar surface area (TPSA) is 15.8 Å². The maximum absolute atomic E-state index is 6.04. The summed E-state index contributed by atoms with van der Waals surface area (Å²) in [6.07, 6.45) is 4.37. The van der Waals surface area contributed by atoms with Crippen LogP contribution in [-0.4, -0.2) is 4.98 Å². The number of benzene rings is 1. The number of aryl methyl sites for hydroxylation is 2. The van der Waals surface area contributed by atoms with E-state index < -0.39 is 0 Å². The van der Waals surface area contributed by atoms with E-state index in [1.165, 1.54) is 28.5 Å². The van der Waals surface area contributed by atoms with Crippen molar-refractivity contribution in [1.82, 2.24) is 4.98 Å². The van der Waals surface area contributed by atoms with Gasteiger partial charge >= 0.3 is 0 Å². The zero-order chi connectivity index (χ0) is 10.1. The summed E-state index contributed by atoms with van der Waals surface area (Å²) in [4.78, 5) is 3.31. The standard InChI is InChI=1S/C12H14ClN/c1-3-4-9-7-14-12-8(2)5-10(13)6-11(9)12/h5-7,14H,3-4H2,1-2H3. The third-order valence-electron chi connectivity index (χ3n) is 2.56. The Morgan fingerprint density at radius 1 is 1.36 bits per heavy atom. The minimum atomic E-state index is 0.826. The third-order valence-corrected chi connectivity index (χ3v) is 2.77. The average molecular weight is 208 g/mol. The van der Waals surface area contributed by atoms with E-state index in [0.717, 1.165) is 11.4 Å². The van der Waals surface area contributed by atoms with Crippen LogP contribution in [0, 0.1) is 6.92 Å². The molecule has 0 spiro atoms. The molecule has 0 amide bonds. The van der Waals surface area contributed by atoms with Gasteiger partial charge in [0.1, 0.15) is 0 Å². The number of halogens is 1. The van der Waals surface area contributed by atoms with E-state index in [9.17, 15) is 0 Å². The van der Waals surface area contributed by atoms with Crippen molar-refractivity contribution in [2.45, 2.75) is 26.7 Å². The van der Waals surface area contributed by atoms with Crippen molar-refractivity contribution in [3.05, 3.63) is 34.5 Å². The zero-order valence-corrected chi connectivity index (χ0v) is 9.28. The second-order valence-electron chi connectivity index (χ2n) is 3.71. The molecular formula is C12H14ClN. The minimum absolute atomic E-state index is 0.826. The molecule has 0 aliphatic heterocycles. The van der Waals surface area contributed by atoms with Crippen LogP contribution in [0.3, 0.4) is 0 Å². The number of hydrogen-bond acceptors (Lipinski definition) is 0. The van der Waals surface area contributed by atoms with Gasteiger partial charge in [0, 0.05) is 22.1 Å².